The van der Waals surface area contributed by atoms with E-state index in [1.165, 1.54) is 11.1 Å². The second-order valence-electron chi connectivity index (χ2n) is 4.28. The molecule has 17 heavy (non-hydrogen) atoms. The predicted octanol–water partition coefficient (Wildman–Crippen LogP) is 2.28. The number of ether oxygens (including phenoxy) is 1. The highest BCUT2D eigenvalue weighted by atomic mass is 35.5. The highest BCUT2D eigenvalue weighted by molar-refractivity contribution is 6.32. The second kappa shape index (κ2) is 5.71. The average Bonchev–Trinajstić information content (AvgIpc) is 2.35. The molecule has 0 aliphatic carbocycles. The van der Waals surface area contributed by atoms with Gasteiger partial charge >= 0.3 is 0 Å². The van der Waals surface area contributed by atoms with Crippen LogP contribution in [-0.2, 0) is 0 Å². The van der Waals surface area contributed by atoms with Crippen LogP contribution in [0.15, 0.2) is 12.1 Å². The van der Waals surface area contributed by atoms with E-state index >= 15 is 0 Å². The lowest BCUT2D eigenvalue weighted by Crippen LogP contribution is -2.42. The van der Waals surface area contributed by atoms with Crippen LogP contribution in [0.25, 0.3) is 0 Å². The largest absolute Gasteiger partial charge is 0.492 e. The van der Waals surface area contributed by atoms with Gasteiger partial charge in [0.25, 0.3) is 0 Å². The fourth-order valence-corrected chi connectivity index (χ4v) is 2.41. The van der Waals surface area contributed by atoms with E-state index in [0.717, 1.165) is 25.4 Å². The van der Waals surface area contributed by atoms with Crippen LogP contribution in [0.5, 0.6) is 5.75 Å². The van der Waals surface area contributed by atoms with Crippen molar-refractivity contribution < 1.29 is 4.74 Å². The molecule has 4 heteroatoms. The molecule has 1 atom stereocenters. The number of hydrogen-bond donors (Lipinski definition) is 2. The molecule has 0 saturated carbocycles. The molecule has 1 saturated heterocycles. The van der Waals surface area contributed by atoms with Crippen molar-refractivity contribution in [1.29, 1.82) is 0 Å². The summed E-state index contributed by atoms with van der Waals surface area (Å²) in [7, 11) is 0. The number of nitrogens with one attached hydrogen (secondary N) is 2. The third kappa shape index (κ3) is 2.92. The molecule has 2 N–H and O–H groups in total. The number of benzene rings is 1. The zero-order valence-corrected chi connectivity index (χ0v) is 11.1. The Morgan fingerprint density at radius 3 is 2.88 bits per heavy atom. The monoisotopic (exact) mass is 254 g/mol. The lowest BCUT2D eigenvalue weighted by Gasteiger charge is -2.26. The standard InChI is InChI=1S/C13H19ClN2O/c1-3-17-13-6-9(2)10(7-11(13)14)12-8-15-4-5-16-12/h6-7,12,15-16H,3-5,8H2,1-2H3. The number of aryl methyl sites for hydroxylation is 1. The summed E-state index contributed by atoms with van der Waals surface area (Å²) in [4.78, 5) is 0. The molecule has 94 valence electrons. The van der Waals surface area contributed by atoms with Crippen molar-refractivity contribution in [3.8, 4) is 5.75 Å². The van der Waals surface area contributed by atoms with Crippen molar-refractivity contribution in [3.05, 3.63) is 28.3 Å². The van der Waals surface area contributed by atoms with E-state index in [1.54, 1.807) is 0 Å². The molecule has 1 aromatic rings. The topological polar surface area (TPSA) is 33.3 Å². The van der Waals surface area contributed by atoms with E-state index in [1.807, 2.05) is 19.1 Å². The SMILES string of the molecule is CCOc1cc(C)c(C2CNCCN2)cc1Cl. The minimum absolute atomic E-state index is 0.344. The Labute approximate surface area is 107 Å². The van der Waals surface area contributed by atoms with E-state index < -0.39 is 0 Å². The quantitative estimate of drug-likeness (QED) is 0.868. The van der Waals surface area contributed by atoms with E-state index in [9.17, 15) is 0 Å². The molecular weight excluding hydrogens is 236 g/mol. The maximum Gasteiger partial charge on any atom is 0.138 e. The molecule has 0 bridgehead atoms. The summed E-state index contributed by atoms with van der Waals surface area (Å²) < 4.78 is 5.49. The average molecular weight is 255 g/mol. The van der Waals surface area contributed by atoms with Crippen LogP contribution in [0.2, 0.25) is 5.02 Å². The molecule has 0 amide bonds. The molecule has 2 rings (SSSR count). The Kier molecular flexibility index (Phi) is 4.26. The van der Waals surface area contributed by atoms with Crippen molar-refractivity contribution in [2.24, 2.45) is 0 Å². The minimum Gasteiger partial charge on any atom is -0.492 e. The fourth-order valence-electron chi connectivity index (χ4n) is 2.19. The summed E-state index contributed by atoms with van der Waals surface area (Å²) in [6.07, 6.45) is 0. The highest BCUT2D eigenvalue weighted by Crippen LogP contribution is 2.31. The lowest BCUT2D eigenvalue weighted by molar-refractivity contribution is 0.339. The smallest absolute Gasteiger partial charge is 0.138 e. The van der Waals surface area contributed by atoms with Crippen LogP contribution in [0.4, 0.5) is 0 Å². The number of rotatable bonds is 3. The van der Waals surface area contributed by atoms with Gasteiger partial charge in [-0.1, -0.05) is 11.6 Å². The summed E-state index contributed by atoms with van der Waals surface area (Å²) in [6, 6.07) is 4.39. The third-order valence-corrected chi connectivity index (χ3v) is 3.33. The fraction of sp³-hybridized carbons (Fsp3) is 0.538. The van der Waals surface area contributed by atoms with Gasteiger partial charge in [0, 0.05) is 25.7 Å². The summed E-state index contributed by atoms with van der Waals surface area (Å²) in [6.45, 7) is 7.68. The van der Waals surface area contributed by atoms with Gasteiger partial charge in [-0.25, -0.2) is 0 Å². The van der Waals surface area contributed by atoms with Gasteiger partial charge < -0.3 is 15.4 Å². The first-order valence-electron chi connectivity index (χ1n) is 6.09. The van der Waals surface area contributed by atoms with Gasteiger partial charge in [-0.15, -0.1) is 0 Å². The van der Waals surface area contributed by atoms with Crippen molar-refractivity contribution in [1.82, 2.24) is 10.6 Å². The molecule has 0 radical (unpaired) electrons. The summed E-state index contributed by atoms with van der Waals surface area (Å²) in [5.41, 5.74) is 2.48. The molecule has 0 spiro atoms. The van der Waals surface area contributed by atoms with Crippen LogP contribution in [-0.4, -0.2) is 26.2 Å². The van der Waals surface area contributed by atoms with Crippen molar-refractivity contribution in [2.75, 3.05) is 26.2 Å². The molecule has 0 aromatic heterocycles. The molecular formula is C13H19ClN2O. The Bertz CT molecular complexity index is 389. The summed E-state index contributed by atoms with van der Waals surface area (Å²) in [5, 5.41) is 7.57. The number of piperazine rings is 1. The van der Waals surface area contributed by atoms with Gasteiger partial charge in [-0.2, -0.15) is 0 Å². The van der Waals surface area contributed by atoms with Gasteiger partial charge in [-0.05, 0) is 37.1 Å². The van der Waals surface area contributed by atoms with E-state index in [4.69, 9.17) is 16.3 Å². The minimum atomic E-state index is 0.344. The summed E-state index contributed by atoms with van der Waals surface area (Å²) in [5.74, 6) is 0.777. The van der Waals surface area contributed by atoms with Crippen LogP contribution < -0.4 is 15.4 Å². The predicted molar refractivity (Wildman–Crippen MR) is 71.0 cm³/mol. The lowest BCUT2D eigenvalue weighted by atomic mass is 9.99. The maximum absolute atomic E-state index is 6.23. The second-order valence-corrected chi connectivity index (χ2v) is 4.69. The Morgan fingerprint density at radius 1 is 1.41 bits per heavy atom. The van der Waals surface area contributed by atoms with Gasteiger partial charge in [-0.3, -0.25) is 0 Å². The highest BCUT2D eigenvalue weighted by Gasteiger charge is 2.18. The first-order valence-corrected chi connectivity index (χ1v) is 6.47. The van der Waals surface area contributed by atoms with Gasteiger partial charge in [0.1, 0.15) is 5.75 Å². The van der Waals surface area contributed by atoms with Crippen LogP contribution in [0, 0.1) is 6.92 Å². The molecule has 3 nitrogen and oxygen atoms in total. The Hall–Kier alpha value is -0.770. The van der Waals surface area contributed by atoms with Crippen LogP contribution >= 0.6 is 11.6 Å². The normalized spacial score (nSPS) is 20.3. The first kappa shape index (κ1) is 12.7. The van der Waals surface area contributed by atoms with E-state index in [0.29, 0.717) is 17.7 Å². The molecule has 1 heterocycles. The Balaban J connectivity index is 2.25. The molecule has 1 aliphatic rings. The van der Waals surface area contributed by atoms with Crippen molar-refractivity contribution in [3.63, 3.8) is 0 Å². The number of halogens is 1. The van der Waals surface area contributed by atoms with Crippen LogP contribution in [0.3, 0.4) is 0 Å². The zero-order valence-electron chi connectivity index (χ0n) is 10.3. The van der Waals surface area contributed by atoms with Crippen LogP contribution in [0.1, 0.15) is 24.1 Å². The van der Waals surface area contributed by atoms with E-state index in [2.05, 4.69) is 17.6 Å². The van der Waals surface area contributed by atoms with Crippen molar-refractivity contribution >= 4 is 11.6 Å². The van der Waals surface area contributed by atoms with Gasteiger partial charge in [0.15, 0.2) is 0 Å². The maximum atomic E-state index is 6.23. The molecule has 1 aliphatic heterocycles. The zero-order chi connectivity index (χ0) is 12.3. The number of hydrogen-bond acceptors (Lipinski definition) is 3. The Morgan fingerprint density at radius 2 is 2.24 bits per heavy atom. The first-order chi connectivity index (χ1) is 8.22. The van der Waals surface area contributed by atoms with Crippen molar-refractivity contribution in [2.45, 2.75) is 19.9 Å². The molecule has 1 unspecified atom stereocenters. The van der Waals surface area contributed by atoms with Gasteiger partial charge in [0.05, 0.1) is 11.6 Å². The molecule has 1 fully saturated rings. The van der Waals surface area contributed by atoms with Gasteiger partial charge in [0.2, 0.25) is 0 Å². The molecule has 1 aromatic carbocycles. The summed E-state index contributed by atoms with van der Waals surface area (Å²) >= 11 is 6.23. The third-order valence-electron chi connectivity index (χ3n) is 3.04. The van der Waals surface area contributed by atoms with E-state index in [-0.39, 0.29) is 0 Å².